The van der Waals surface area contributed by atoms with Gasteiger partial charge in [0.1, 0.15) is 0 Å². The fraction of sp³-hybridized carbons (Fsp3) is 1.00. The van der Waals surface area contributed by atoms with Crippen molar-refractivity contribution >= 4 is 12.4 Å². The summed E-state index contributed by atoms with van der Waals surface area (Å²) in [4.78, 5) is 2.34. The van der Waals surface area contributed by atoms with Gasteiger partial charge in [-0.05, 0) is 32.4 Å². The van der Waals surface area contributed by atoms with Crippen LogP contribution < -0.4 is 0 Å². The summed E-state index contributed by atoms with van der Waals surface area (Å²) >= 11 is 0. The van der Waals surface area contributed by atoms with Crippen LogP contribution in [0, 0.1) is 0 Å². The van der Waals surface area contributed by atoms with Crippen LogP contribution in [0.4, 0.5) is 0 Å². The zero-order valence-electron chi connectivity index (χ0n) is 7.12. The molecule has 1 fully saturated rings. The molecule has 0 aromatic carbocycles. The predicted molar refractivity (Wildman–Crippen MR) is 49.2 cm³/mol. The zero-order chi connectivity index (χ0) is 7.40. The van der Waals surface area contributed by atoms with Crippen LogP contribution in [-0.4, -0.2) is 35.7 Å². The quantitative estimate of drug-likeness (QED) is 0.691. The van der Waals surface area contributed by atoms with Crippen LogP contribution in [0.25, 0.3) is 0 Å². The van der Waals surface area contributed by atoms with Gasteiger partial charge >= 0.3 is 0 Å². The van der Waals surface area contributed by atoms with Gasteiger partial charge < -0.3 is 10.0 Å². The molecule has 0 bridgehead atoms. The Balaban J connectivity index is 0.000001000. The van der Waals surface area contributed by atoms with Crippen molar-refractivity contribution in [3.8, 4) is 0 Å². The molecule has 0 aromatic heterocycles. The van der Waals surface area contributed by atoms with Gasteiger partial charge in [0.2, 0.25) is 0 Å². The lowest BCUT2D eigenvalue weighted by molar-refractivity contribution is 0.0709. The average Bonchev–Trinajstić information content (AvgIpc) is 1.88. The van der Waals surface area contributed by atoms with Crippen LogP contribution in [0.5, 0.6) is 0 Å². The number of piperidine rings is 1. The lowest BCUT2D eigenvalue weighted by Crippen LogP contribution is -2.38. The number of rotatable bonds is 2. The molecule has 1 saturated heterocycles. The maximum atomic E-state index is 9.26. The SMILES string of the molecule is CCCN1CCCC(O)C1.Cl. The molecular formula is C8H18ClNO. The fourth-order valence-corrected chi connectivity index (χ4v) is 1.55. The van der Waals surface area contributed by atoms with E-state index in [1.165, 1.54) is 19.4 Å². The molecular weight excluding hydrogens is 162 g/mol. The van der Waals surface area contributed by atoms with Gasteiger partial charge in [-0.25, -0.2) is 0 Å². The maximum Gasteiger partial charge on any atom is 0.0667 e. The molecule has 0 aliphatic carbocycles. The monoisotopic (exact) mass is 179 g/mol. The van der Waals surface area contributed by atoms with Crippen LogP contribution in [0.15, 0.2) is 0 Å². The van der Waals surface area contributed by atoms with E-state index in [4.69, 9.17) is 0 Å². The summed E-state index contributed by atoms with van der Waals surface area (Å²) < 4.78 is 0. The minimum Gasteiger partial charge on any atom is -0.392 e. The first-order valence-electron chi connectivity index (χ1n) is 4.23. The van der Waals surface area contributed by atoms with E-state index < -0.39 is 0 Å². The molecule has 11 heavy (non-hydrogen) atoms. The van der Waals surface area contributed by atoms with Crippen LogP contribution in [0.1, 0.15) is 26.2 Å². The zero-order valence-corrected chi connectivity index (χ0v) is 7.94. The Morgan fingerprint density at radius 1 is 1.55 bits per heavy atom. The number of hydrogen-bond acceptors (Lipinski definition) is 2. The van der Waals surface area contributed by atoms with E-state index in [1.807, 2.05) is 0 Å². The number of aliphatic hydroxyl groups is 1. The normalized spacial score (nSPS) is 26.2. The molecule has 1 aliphatic heterocycles. The van der Waals surface area contributed by atoms with E-state index in [-0.39, 0.29) is 18.5 Å². The Hall–Kier alpha value is 0.210. The summed E-state index contributed by atoms with van der Waals surface area (Å²) in [5, 5.41) is 9.26. The van der Waals surface area contributed by atoms with Gasteiger partial charge in [-0.1, -0.05) is 6.92 Å². The average molecular weight is 180 g/mol. The molecule has 1 atom stereocenters. The lowest BCUT2D eigenvalue weighted by Gasteiger charge is -2.29. The fourth-order valence-electron chi connectivity index (χ4n) is 1.55. The van der Waals surface area contributed by atoms with Crippen LogP contribution in [0.3, 0.4) is 0 Å². The molecule has 0 aromatic rings. The van der Waals surface area contributed by atoms with Gasteiger partial charge in [-0.2, -0.15) is 0 Å². The molecule has 0 amide bonds. The van der Waals surface area contributed by atoms with E-state index >= 15 is 0 Å². The molecule has 68 valence electrons. The molecule has 1 aliphatic rings. The highest BCUT2D eigenvalue weighted by atomic mass is 35.5. The largest absolute Gasteiger partial charge is 0.392 e. The summed E-state index contributed by atoms with van der Waals surface area (Å²) in [6.07, 6.45) is 3.31. The first-order chi connectivity index (χ1) is 4.83. The minimum atomic E-state index is -0.0553. The number of halogens is 1. The Morgan fingerprint density at radius 3 is 2.82 bits per heavy atom. The van der Waals surface area contributed by atoms with E-state index in [0.29, 0.717) is 0 Å². The Labute approximate surface area is 75.0 Å². The highest BCUT2D eigenvalue weighted by Gasteiger charge is 2.15. The topological polar surface area (TPSA) is 23.5 Å². The highest BCUT2D eigenvalue weighted by molar-refractivity contribution is 5.85. The molecule has 3 heteroatoms. The van der Waals surface area contributed by atoms with Crippen molar-refractivity contribution < 1.29 is 5.11 Å². The molecule has 0 radical (unpaired) electrons. The van der Waals surface area contributed by atoms with E-state index in [0.717, 1.165) is 19.5 Å². The molecule has 0 spiro atoms. The standard InChI is InChI=1S/C8H17NO.ClH/c1-2-5-9-6-3-4-8(10)7-9;/h8,10H,2-7H2,1H3;1H. The number of β-amino-alcohol motifs (C(OH)–C–C–N with tert-alkyl or cyclic N) is 1. The molecule has 1 rings (SSSR count). The predicted octanol–water partition coefficient (Wildman–Crippen LogP) is 1.27. The van der Waals surface area contributed by atoms with Gasteiger partial charge in [-0.3, -0.25) is 0 Å². The lowest BCUT2D eigenvalue weighted by atomic mass is 10.1. The first kappa shape index (κ1) is 11.2. The van der Waals surface area contributed by atoms with Crippen molar-refractivity contribution in [2.24, 2.45) is 0 Å². The second-order valence-corrected chi connectivity index (χ2v) is 3.10. The summed E-state index contributed by atoms with van der Waals surface area (Å²) in [5.41, 5.74) is 0. The van der Waals surface area contributed by atoms with Crippen molar-refractivity contribution in [1.82, 2.24) is 4.90 Å². The van der Waals surface area contributed by atoms with Crippen molar-refractivity contribution in [3.63, 3.8) is 0 Å². The van der Waals surface area contributed by atoms with Gasteiger partial charge in [0.15, 0.2) is 0 Å². The molecule has 1 heterocycles. The van der Waals surface area contributed by atoms with Gasteiger partial charge in [0.05, 0.1) is 6.10 Å². The number of likely N-dealkylation sites (tertiary alicyclic amines) is 1. The van der Waals surface area contributed by atoms with Crippen molar-refractivity contribution in [3.05, 3.63) is 0 Å². The summed E-state index contributed by atoms with van der Waals surface area (Å²) in [6, 6.07) is 0. The van der Waals surface area contributed by atoms with Crippen LogP contribution >= 0.6 is 12.4 Å². The van der Waals surface area contributed by atoms with Gasteiger partial charge in [0, 0.05) is 6.54 Å². The molecule has 2 nitrogen and oxygen atoms in total. The van der Waals surface area contributed by atoms with Crippen molar-refractivity contribution in [1.29, 1.82) is 0 Å². The van der Waals surface area contributed by atoms with E-state index in [9.17, 15) is 5.11 Å². The number of nitrogens with zero attached hydrogens (tertiary/aromatic N) is 1. The summed E-state index contributed by atoms with van der Waals surface area (Å²) in [5.74, 6) is 0. The van der Waals surface area contributed by atoms with Crippen LogP contribution in [-0.2, 0) is 0 Å². The van der Waals surface area contributed by atoms with E-state index in [2.05, 4.69) is 11.8 Å². The van der Waals surface area contributed by atoms with Crippen molar-refractivity contribution in [2.45, 2.75) is 32.3 Å². The maximum absolute atomic E-state index is 9.26. The third-order valence-corrected chi connectivity index (χ3v) is 2.02. The molecule has 0 saturated carbocycles. The van der Waals surface area contributed by atoms with Gasteiger partial charge in [0.25, 0.3) is 0 Å². The smallest absolute Gasteiger partial charge is 0.0667 e. The summed E-state index contributed by atoms with van der Waals surface area (Å²) in [6.45, 7) is 5.41. The third-order valence-electron chi connectivity index (χ3n) is 2.02. The molecule has 1 N–H and O–H groups in total. The number of hydrogen-bond donors (Lipinski definition) is 1. The Bertz CT molecular complexity index is 98.1. The first-order valence-corrected chi connectivity index (χ1v) is 4.23. The second-order valence-electron chi connectivity index (χ2n) is 3.10. The second kappa shape index (κ2) is 5.81. The third kappa shape index (κ3) is 3.94. The minimum absolute atomic E-state index is 0. The Morgan fingerprint density at radius 2 is 2.27 bits per heavy atom. The molecule has 1 unspecified atom stereocenters. The Kier molecular flexibility index (Phi) is 5.92. The van der Waals surface area contributed by atoms with Crippen molar-refractivity contribution in [2.75, 3.05) is 19.6 Å². The summed E-state index contributed by atoms with van der Waals surface area (Å²) in [7, 11) is 0. The van der Waals surface area contributed by atoms with Gasteiger partial charge in [-0.15, -0.1) is 12.4 Å². The van der Waals surface area contributed by atoms with E-state index in [1.54, 1.807) is 0 Å². The van der Waals surface area contributed by atoms with Crippen LogP contribution in [0.2, 0.25) is 0 Å². The number of aliphatic hydroxyl groups excluding tert-OH is 1. The highest BCUT2D eigenvalue weighted by Crippen LogP contribution is 2.09.